The van der Waals surface area contributed by atoms with E-state index in [2.05, 4.69) is 22.8 Å². The Bertz CT molecular complexity index is 352. The third kappa shape index (κ3) is 3.76. The highest BCUT2D eigenvalue weighted by molar-refractivity contribution is 8.03. The third-order valence-electron chi connectivity index (χ3n) is 2.95. The first-order chi connectivity index (χ1) is 8.28. The fourth-order valence-electron chi connectivity index (χ4n) is 1.71. The summed E-state index contributed by atoms with van der Waals surface area (Å²) in [5.74, 6) is 2.00. The average molecular weight is 309 g/mol. The van der Waals surface area contributed by atoms with Gasteiger partial charge in [-0.2, -0.15) is 12.6 Å². The van der Waals surface area contributed by atoms with Crippen LogP contribution in [0.2, 0.25) is 0 Å². The van der Waals surface area contributed by atoms with Crippen LogP contribution in [-0.2, 0) is 4.74 Å². The van der Waals surface area contributed by atoms with Crippen molar-refractivity contribution < 1.29 is 4.74 Å². The van der Waals surface area contributed by atoms with E-state index in [9.17, 15) is 0 Å². The van der Waals surface area contributed by atoms with Gasteiger partial charge in [0.15, 0.2) is 8.68 Å². The van der Waals surface area contributed by atoms with Crippen molar-refractivity contribution in [2.75, 3.05) is 31.0 Å². The number of aromatic nitrogens is 2. The second-order valence-electron chi connectivity index (χ2n) is 4.10. The van der Waals surface area contributed by atoms with E-state index in [0.717, 1.165) is 46.2 Å². The van der Waals surface area contributed by atoms with E-state index in [1.807, 2.05) is 18.0 Å². The summed E-state index contributed by atoms with van der Waals surface area (Å²) in [6.07, 6.45) is 4.25. The van der Waals surface area contributed by atoms with E-state index < -0.39 is 0 Å². The van der Waals surface area contributed by atoms with Crippen LogP contribution in [0.4, 0.5) is 0 Å². The second-order valence-corrected chi connectivity index (χ2v) is 7.67. The zero-order chi connectivity index (χ0) is 12.1. The van der Waals surface area contributed by atoms with Crippen molar-refractivity contribution in [1.82, 2.24) is 10.2 Å². The van der Waals surface area contributed by atoms with Gasteiger partial charge in [0.1, 0.15) is 0 Å². The van der Waals surface area contributed by atoms with Gasteiger partial charge in [-0.25, -0.2) is 0 Å². The number of hydrogen-bond acceptors (Lipinski definition) is 7. The molecule has 96 valence electrons. The molecule has 0 atom stereocenters. The Labute approximate surface area is 120 Å². The molecule has 1 aromatic heterocycles. The fourth-order valence-corrected chi connectivity index (χ4v) is 5.02. The maximum atomic E-state index is 5.43. The number of ether oxygens (including phenoxy) is 1. The Balaban J connectivity index is 1.90. The van der Waals surface area contributed by atoms with Crippen molar-refractivity contribution in [3.63, 3.8) is 0 Å². The standard InChI is InChI=1S/C10H16N2OS4/c1-15-8-11-12-9(17-8)16-7-10(6-14)2-4-13-5-3-10/h14H,2-7H2,1H3. The quantitative estimate of drug-likeness (QED) is 0.668. The first kappa shape index (κ1) is 14.0. The molecule has 0 aromatic carbocycles. The highest BCUT2D eigenvalue weighted by Gasteiger charge is 2.31. The molecular weight excluding hydrogens is 292 g/mol. The molecule has 0 unspecified atom stereocenters. The molecule has 3 nitrogen and oxygen atoms in total. The molecule has 0 radical (unpaired) electrons. The molecule has 1 aromatic rings. The van der Waals surface area contributed by atoms with E-state index in [1.165, 1.54) is 0 Å². The zero-order valence-electron chi connectivity index (χ0n) is 9.72. The van der Waals surface area contributed by atoms with Crippen molar-refractivity contribution in [3.05, 3.63) is 0 Å². The lowest BCUT2D eigenvalue weighted by Gasteiger charge is -2.35. The topological polar surface area (TPSA) is 35.0 Å². The van der Waals surface area contributed by atoms with Crippen LogP contribution >= 0.6 is 47.5 Å². The van der Waals surface area contributed by atoms with Crippen molar-refractivity contribution in [3.8, 4) is 0 Å². The summed E-state index contributed by atoms with van der Waals surface area (Å²) < 4.78 is 7.54. The number of thiol groups is 1. The van der Waals surface area contributed by atoms with E-state index in [0.29, 0.717) is 5.41 Å². The summed E-state index contributed by atoms with van der Waals surface area (Å²) in [7, 11) is 0. The molecule has 0 saturated carbocycles. The van der Waals surface area contributed by atoms with Gasteiger partial charge in [-0.05, 0) is 30.3 Å². The van der Waals surface area contributed by atoms with Gasteiger partial charge in [0, 0.05) is 19.0 Å². The summed E-state index contributed by atoms with van der Waals surface area (Å²) in [5, 5.41) is 8.31. The van der Waals surface area contributed by atoms with Gasteiger partial charge in [-0.3, -0.25) is 0 Å². The Morgan fingerprint density at radius 2 is 2.06 bits per heavy atom. The normalized spacial score (nSPS) is 19.4. The summed E-state index contributed by atoms with van der Waals surface area (Å²) >= 11 is 9.66. The monoisotopic (exact) mass is 308 g/mol. The third-order valence-corrected chi connectivity index (χ3v) is 7.01. The fraction of sp³-hybridized carbons (Fsp3) is 0.800. The lowest BCUT2D eigenvalue weighted by molar-refractivity contribution is 0.0371. The Morgan fingerprint density at radius 3 is 2.65 bits per heavy atom. The highest BCUT2D eigenvalue weighted by Crippen LogP contribution is 2.38. The average Bonchev–Trinajstić information content (AvgIpc) is 2.85. The SMILES string of the molecule is CSc1nnc(SCC2(CS)CCOCC2)s1. The van der Waals surface area contributed by atoms with E-state index in [4.69, 9.17) is 4.74 Å². The molecule has 1 fully saturated rings. The molecule has 17 heavy (non-hydrogen) atoms. The van der Waals surface area contributed by atoms with Crippen LogP contribution < -0.4 is 0 Å². The molecule has 0 bridgehead atoms. The van der Waals surface area contributed by atoms with Gasteiger partial charge in [0.05, 0.1) is 0 Å². The van der Waals surface area contributed by atoms with Crippen LogP contribution in [0.15, 0.2) is 8.68 Å². The molecular formula is C10H16N2OS4. The zero-order valence-corrected chi connectivity index (χ0v) is 13.1. The Morgan fingerprint density at radius 1 is 1.35 bits per heavy atom. The first-order valence-corrected chi connectivity index (χ1v) is 9.13. The van der Waals surface area contributed by atoms with Crippen LogP contribution in [0.5, 0.6) is 0 Å². The summed E-state index contributed by atoms with van der Waals surface area (Å²) in [6.45, 7) is 1.74. The molecule has 0 N–H and O–H groups in total. The molecule has 2 rings (SSSR count). The summed E-state index contributed by atoms with van der Waals surface area (Å²) in [6, 6.07) is 0. The van der Waals surface area contributed by atoms with Gasteiger partial charge in [0.2, 0.25) is 0 Å². The molecule has 2 heterocycles. The Hall–Kier alpha value is 0.570. The summed E-state index contributed by atoms with van der Waals surface area (Å²) in [4.78, 5) is 0. The molecule has 0 spiro atoms. The second kappa shape index (κ2) is 6.65. The predicted molar refractivity (Wildman–Crippen MR) is 78.8 cm³/mol. The molecule has 0 amide bonds. The first-order valence-electron chi connectivity index (χ1n) is 5.47. The van der Waals surface area contributed by atoms with Gasteiger partial charge >= 0.3 is 0 Å². The number of nitrogens with zero attached hydrogens (tertiary/aromatic N) is 2. The minimum atomic E-state index is 0.317. The van der Waals surface area contributed by atoms with Crippen molar-refractivity contribution in [2.24, 2.45) is 5.41 Å². The van der Waals surface area contributed by atoms with Crippen molar-refractivity contribution in [1.29, 1.82) is 0 Å². The van der Waals surface area contributed by atoms with Crippen LogP contribution in [0.1, 0.15) is 12.8 Å². The highest BCUT2D eigenvalue weighted by atomic mass is 32.2. The van der Waals surface area contributed by atoms with Gasteiger partial charge in [-0.15, -0.1) is 10.2 Å². The molecule has 1 aliphatic rings. The lowest BCUT2D eigenvalue weighted by atomic mass is 9.84. The number of rotatable bonds is 5. The van der Waals surface area contributed by atoms with Crippen LogP contribution in [-0.4, -0.2) is 41.2 Å². The Kier molecular flexibility index (Phi) is 5.48. The minimum absolute atomic E-state index is 0.317. The van der Waals surface area contributed by atoms with E-state index in [1.54, 1.807) is 23.1 Å². The van der Waals surface area contributed by atoms with Crippen LogP contribution in [0, 0.1) is 5.41 Å². The molecule has 1 saturated heterocycles. The van der Waals surface area contributed by atoms with Crippen LogP contribution in [0.25, 0.3) is 0 Å². The van der Waals surface area contributed by atoms with Crippen molar-refractivity contribution in [2.45, 2.75) is 21.5 Å². The minimum Gasteiger partial charge on any atom is -0.381 e. The van der Waals surface area contributed by atoms with Gasteiger partial charge < -0.3 is 4.74 Å². The van der Waals surface area contributed by atoms with Gasteiger partial charge in [0.25, 0.3) is 0 Å². The number of hydrogen-bond donors (Lipinski definition) is 1. The molecule has 0 aliphatic carbocycles. The predicted octanol–water partition coefficient (Wildman–Crippen LogP) is 3.08. The van der Waals surface area contributed by atoms with E-state index >= 15 is 0 Å². The summed E-state index contributed by atoms with van der Waals surface area (Å²) in [5.41, 5.74) is 0.317. The molecule has 1 aliphatic heterocycles. The van der Waals surface area contributed by atoms with Crippen molar-refractivity contribution >= 4 is 47.5 Å². The largest absolute Gasteiger partial charge is 0.381 e. The lowest BCUT2D eigenvalue weighted by Crippen LogP contribution is -2.33. The smallest absolute Gasteiger partial charge is 0.175 e. The maximum Gasteiger partial charge on any atom is 0.175 e. The number of thioether (sulfide) groups is 2. The molecule has 7 heteroatoms. The van der Waals surface area contributed by atoms with E-state index in [-0.39, 0.29) is 0 Å². The maximum absolute atomic E-state index is 5.43. The van der Waals surface area contributed by atoms with Gasteiger partial charge in [-0.1, -0.05) is 34.9 Å². The van der Waals surface area contributed by atoms with Crippen LogP contribution in [0.3, 0.4) is 0 Å².